The molecule has 16 heavy (non-hydrogen) atoms. The third-order valence-electron chi connectivity index (χ3n) is 1.82. The van der Waals surface area contributed by atoms with E-state index in [1.165, 1.54) is 6.20 Å². The summed E-state index contributed by atoms with van der Waals surface area (Å²) in [6, 6.07) is 3.58. The largest absolute Gasteiger partial charge is 0.358 e. The van der Waals surface area contributed by atoms with Crippen LogP contribution in [0.2, 0.25) is 0 Å². The van der Waals surface area contributed by atoms with Gasteiger partial charge in [-0.25, -0.2) is 0 Å². The number of aromatic nitrogens is 4. The molecule has 2 heterocycles. The Kier molecular flexibility index (Phi) is 2.73. The fraction of sp³-hybridized carbons (Fsp3) is 0.222. The fourth-order valence-corrected chi connectivity index (χ4v) is 1.12. The topological polar surface area (TPSA) is 101 Å². The summed E-state index contributed by atoms with van der Waals surface area (Å²) in [6.45, 7) is 2.05. The number of nitrogens with zero attached hydrogens (tertiary/aromatic N) is 5. The molecule has 1 N–H and O–H groups in total. The second-order valence-corrected chi connectivity index (χ2v) is 2.99. The number of hydrogen-bond donors (Lipinski definition) is 1. The van der Waals surface area contributed by atoms with Gasteiger partial charge in [-0.15, -0.1) is 5.10 Å². The molecular formula is C9H8N6O. The van der Waals surface area contributed by atoms with Crippen LogP contribution in [0.15, 0.2) is 16.8 Å². The summed E-state index contributed by atoms with van der Waals surface area (Å²) in [5, 5.41) is 22.8. The Morgan fingerprint density at radius 2 is 2.44 bits per heavy atom. The first-order valence-electron chi connectivity index (χ1n) is 4.54. The van der Waals surface area contributed by atoms with Crippen molar-refractivity contribution in [2.45, 2.75) is 13.5 Å². The van der Waals surface area contributed by atoms with Gasteiger partial charge in [0.1, 0.15) is 6.07 Å². The van der Waals surface area contributed by atoms with E-state index in [1.807, 2.05) is 6.07 Å². The predicted molar refractivity (Wildman–Crippen MR) is 53.1 cm³/mol. The summed E-state index contributed by atoms with van der Waals surface area (Å²) in [6.07, 6.45) is 1.46. The van der Waals surface area contributed by atoms with Gasteiger partial charge >= 0.3 is 0 Å². The van der Waals surface area contributed by atoms with Gasteiger partial charge in [-0.1, -0.05) is 5.16 Å². The highest BCUT2D eigenvalue weighted by atomic mass is 16.5. The molecule has 0 aliphatic rings. The predicted octanol–water partition coefficient (Wildman–Crippen LogP) is 0.652. The van der Waals surface area contributed by atoms with Crippen LogP contribution in [0, 0.1) is 18.3 Å². The van der Waals surface area contributed by atoms with Crippen molar-refractivity contribution >= 4 is 5.82 Å². The number of hydrogen-bond acceptors (Lipinski definition) is 7. The average Bonchev–Trinajstić information content (AvgIpc) is 2.73. The Morgan fingerprint density at radius 3 is 3.12 bits per heavy atom. The lowest BCUT2D eigenvalue weighted by Gasteiger charge is -2.01. The van der Waals surface area contributed by atoms with Crippen LogP contribution >= 0.6 is 0 Å². The van der Waals surface area contributed by atoms with E-state index in [1.54, 1.807) is 13.0 Å². The normalized spacial score (nSPS) is 9.75. The molecule has 0 saturated carbocycles. The molecule has 0 unspecified atom stereocenters. The molecule has 2 aromatic heterocycles. The van der Waals surface area contributed by atoms with Gasteiger partial charge in [0.15, 0.2) is 11.6 Å². The van der Waals surface area contributed by atoms with Gasteiger partial charge in [0.2, 0.25) is 5.89 Å². The summed E-state index contributed by atoms with van der Waals surface area (Å²) >= 11 is 0. The first kappa shape index (κ1) is 10.0. The van der Waals surface area contributed by atoms with E-state index in [2.05, 4.69) is 25.7 Å². The molecule has 0 saturated heterocycles. The highest BCUT2D eigenvalue weighted by Gasteiger charge is 2.06. The zero-order valence-electron chi connectivity index (χ0n) is 8.51. The maximum atomic E-state index is 8.81. The van der Waals surface area contributed by atoms with E-state index in [0.29, 0.717) is 29.6 Å². The van der Waals surface area contributed by atoms with Gasteiger partial charge < -0.3 is 9.84 Å². The third-order valence-corrected chi connectivity index (χ3v) is 1.82. The van der Waals surface area contributed by atoms with Crippen molar-refractivity contribution in [3.8, 4) is 6.07 Å². The third kappa shape index (κ3) is 2.12. The van der Waals surface area contributed by atoms with Crippen LogP contribution in [-0.4, -0.2) is 20.3 Å². The zero-order valence-corrected chi connectivity index (χ0v) is 8.51. The lowest BCUT2D eigenvalue weighted by atomic mass is 10.3. The van der Waals surface area contributed by atoms with Crippen molar-refractivity contribution in [1.82, 2.24) is 20.3 Å². The molecule has 80 valence electrons. The van der Waals surface area contributed by atoms with Gasteiger partial charge in [0, 0.05) is 0 Å². The molecule has 7 nitrogen and oxygen atoms in total. The first-order chi connectivity index (χ1) is 7.79. The fourth-order valence-electron chi connectivity index (χ4n) is 1.12. The minimum atomic E-state index is 0.314. The molecule has 2 rings (SSSR count). The standard InChI is InChI=1S/C9H8N6O/c1-6-13-8(16-15-6)5-11-9-7(4-10)2-3-12-14-9/h2-3H,5H2,1H3,(H,11,14). The van der Waals surface area contributed by atoms with E-state index >= 15 is 0 Å². The molecule has 0 fully saturated rings. The van der Waals surface area contributed by atoms with Gasteiger partial charge in [-0.2, -0.15) is 15.3 Å². The van der Waals surface area contributed by atoms with Gasteiger partial charge in [-0.3, -0.25) is 0 Å². The van der Waals surface area contributed by atoms with E-state index in [0.717, 1.165) is 0 Å². The average molecular weight is 216 g/mol. The molecule has 7 heteroatoms. The molecule has 0 aliphatic carbocycles. The Balaban J connectivity index is 2.08. The summed E-state index contributed by atoms with van der Waals surface area (Å²) in [5.74, 6) is 1.41. The van der Waals surface area contributed by atoms with Crippen molar-refractivity contribution < 1.29 is 4.52 Å². The molecule has 0 spiro atoms. The van der Waals surface area contributed by atoms with Crippen molar-refractivity contribution in [2.24, 2.45) is 0 Å². The number of nitriles is 1. The van der Waals surface area contributed by atoms with Crippen LogP contribution in [0.25, 0.3) is 0 Å². The quantitative estimate of drug-likeness (QED) is 0.803. The van der Waals surface area contributed by atoms with Crippen molar-refractivity contribution in [1.29, 1.82) is 5.26 Å². The van der Waals surface area contributed by atoms with Gasteiger partial charge in [0.25, 0.3) is 0 Å². The summed E-state index contributed by atoms with van der Waals surface area (Å²) < 4.78 is 4.90. The van der Waals surface area contributed by atoms with Gasteiger partial charge in [0.05, 0.1) is 18.3 Å². The van der Waals surface area contributed by atoms with Crippen LogP contribution in [0.4, 0.5) is 5.82 Å². The van der Waals surface area contributed by atoms with E-state index in [4.69, 9.17) is 9.78 Å². The monoisotopic (exact) mass is 216 g/mol. The van der Waals surface area contributed by atoms with Crippen molar-refractivity contribution in [2.75, 3.05) is 5.32 Å². The smallest absolute Gasteiger partial charge is 0.245 e. The van der Waals surface area contributed by atoms with Crippen LogP contribution in [0.1, 0.15) is 17.3 Å². The Hall–Kier alpha value is -2.49. The number of rotatable bonds is 3. The molecule has 0 amide bonds. The SMILES string of the molecule is Cc1noc(CNc2nnccc2C#N)n1. The second-order valence-electron chi connectivity index (χ2n) is 2.99. The molecular weight excluding hydrogens is 208 g/mol. The van der Waals surface area contributed by atoms with E-state index in [-0.39, 0.29) is 0 Å². The van der Waals surface area contributed by atoms with Crippen LogP contribution in [-0.2, 0) is 6.54 Å². The number of nitrogens with one attached hydrogen (secondary N) is 1. The maximum absolute atomic E-state index is 8.81. The lowest BCUT2D eigenvalue weighted by Crippen LogP contribution is -2.04. The molecule has 2 aromatic rings. The molecule has 0 aromatic carbocycles. The van der Waals surface area contributed by atoms with Crippen LogP contribution < -0.4 is 5.32 Å². The summed E-state index contributed by atoms with van der Waals surface area (Å²) in [5.41, 5.74) is 0.422. The molecule has 0 atom stereocenters. The summed E-state index contributed by atoms with van der Waals surface area (Å²) in [7, 11) is 0. The second kappa shape index (κ2) is 4.35. The highest BCUT2D eigenvalue weighted by molar-refractivity contribution is 5.49. The van der Waals surface area contributed by atoms with Crippen LogP contribution in [0.5, 0.6) is 0 Å². The summed E-state index contributed by atoms with van der Waals surface area (Å²) in [4.78, 5) is 4.01. The minimum absolute atomic E-state index is 0.314. The molecule has 0 radical (unpaired) electrons. The first-order valence-corrected chi connectivity index (χ1v) is 4.54. The van der Waals surface area contributed by atoms with E-state index in [9.17, 15) is 0 Å². The number of aryl methyl sites for hydroxylation is 1. The zero-order chi connectivity index (χ0) is 11.4. The van der Waals surface area contributed by atoms with E-state index < -0.39 is 0 Å². The number of anilines is 1. The molecule has 0 bridgehead atoms. The Morgan fingerprint density at radius 1 is 1.56 bits per heavy atom. The van der Waals surface area contributed by atoms with Crippen LogP contribution in [0.3, 0.4) is 0 Å². The Labute approximate surface area is 91.1 Å². The molecule has 0 aliphatic heterocycles. The van der Waals surface area contributed by atoms with Crippen molar-refractivity contribution in [3.05, 3.63) is 29.5 Å². The maximum Gasteiger partial charge on any atom is 0.245 e. The van der Waals surface area contributed by atoms with Gasteiger partial charge in [-0.05, 0) is 13.0 Å². The Bertz CT molecular complexity index is 529. The van der Waals surface area contributed by atoms with Crippen molar-refractivity contribution in [3.63, 3.8) is 0 Å². The lowest BCUT2D eigenvalue weighted by molar-refractivity contribution is 0.379. The highest BCUT2D eigenvalue weighted by Crippen LogP contribution is 2.09. The minimum Gasteiger partial charge on any atom is -0.358 e.